The fourth-order valence-electron chi connectivity index (χ4n) is 2.51. The fourth-order valence-corrected chi connectivity index (χ4v) is 3.45. The predicted molar refractivity (Wildman–Crippen MR) is 116 cm³/mol. The molecule has 0 spiro atoms. The van der Waals surface area contributed by atoms with Gasteiger partial charge in [0.2, 0.25) is 5.75 Å². The Morgan fingerprint density at radius 3 is 2.56 bits per heavy atom. The molecule has 2 heterocycles. The number of hydrogen-bond acceptors (Lipinski definition) is 11. The first kappa shape index (κ1) is 24.5. The van der Waals surface area contributed by atoms with Crippen LogP contribution in [0.25, 0.3) is 0 Å². The maximum atomic E-state index is 12.9. The van der Waals surface area contributed by atoms with Crippen LogP contribution in [0.15, 0.2) is 47.6 Å². The summed E-state index contributed by atoms with van der Waals surface area (Å²) in [5, 5.41) is 17.8. The van der Waals surface area contributed by atoms with E-state index in [1.165, 1.54) is 25.4 Å². The van der Waals surface area contributed by atoms with Crippen molar-refractivity contribution >= 4 is 22.0 Å². The third-order valence-electron chi connectivity index (χ3n) is 3.97. The molecule has 3 N–H and O–H groups in total. The van der Waals surface area contributed by atoms with E-state index in [-0.39, 0.29) is 23.1 Å². The topological polar surface area (TPSA) is 179 Å². The zero-order chi connectivity index (χ0) is 24.7. The SMILES string of the molecule is COc1cccc(Oc2c(NS(=O)(=O)c3ccc(C)cn3)nc(OC(=O)O)nc2OCCO)c1. The number of methoxy groups -OCH3 is 1. The van der Waals surface area contributed by atoms with Gasteiger partial charge in [0.15, 0.2) is 10.8 Å². The van der Waals surface area contributed by atoms with E-state index in [9.17, 15) is 13.2 Å². The quantitative estimate of drug-likeness (QED) is 0.352. The van der Waals surface area contributed by atoms with Crippen molar-refractivity contribution in [3.05, 3.63) is 48.2 Å². The summed E-state index contributed by atoms with van der Waals surface area (Å²) in [5.41, 5.74) is 0.736. The molecule has 0 unspecified atom stereocenters. The van der Waals surface area contributed by atoms with Crippen LogP contribution in [0.4, 0.5) is 10.6 Å². The highest BCUT2D eigenvalue weighted by Gasteiger charge is 2.26. The summed E-state index contributed by atoms with van der Waals surface area (Å²) in [6, 6.07) is 8.39. The fraction of sp³-hybridized carbons (Fsp3) is 0.200. The molecule has 0 aliphatic rings. The van der Waals surface area contributed by atoms with Crippen LogP contribution >= 0.6 is 0 Å². The smallest absolute Gasteiger partial charge is 0.497 e. The van der Waals surface area contributed by atoms with E-state index in [2.05, 4.69) is 24.4 Å². The molecule has 0 radical (unpaired) electrons. The average Bonchev–Trinajstić information content (AvgIpc) is 2.79. The highest BCUT2D eigenvalue weighted by atomic mass is 32.2. The molecule has 0 bridgehead atoms. The van der Waals surface area contributed by atoms with Crippen molar-refractivity contribution in [2.75, 3.05) is 25.0 Å². The first-order valence-electron chi connectivity index (χ1n) is 9.55. The summed E-state index contributed by atoms with van der Waals surface area (Å²) in [4.78, 5) is 22.5. The van der Waals surface area contributed by atoms with Gasteiger partial charge in [0.25, 0.3) is 15.9 Å². The number of pyridine rings is 1. The van der Waals surface area contributed by atoms with Gasteiger partial charge < -0.3 is 29.2 Å². The summed E-state index contributed by atoms with van der Waals surface area (Å²) in [6.45, 7) is 1.04. The maximum absolute atomic E-state index is 12.9. The minimum atomic E-state index is -4.30. The van der Waals surface area contributed by atoms with Crippen molar-refractivity contribution in [3.63, 3.8) is 0 Å². The molecule has 180 valence electrons. The third kappa shape index (κ3) is 6.20. The lowest BCUT2D eigenvalue weighted by molar-refractivity contribution is 0.139. The molecule has 0 atom stereocenters. The second kappa shape index (κ2) is 10.6. The van der Waals surface area contributed by atoms with E-state index >= 15 is 0 Å². The van der Waals surface area contributed by atoms with E-state index in [1.807, 2.05) is 0 Å². The van der Waals surface area contributed by atoms with Crippen LogP contribution in [0.1, 0.15) is 5.56 Å². The standard InChI is InChI=1S/C20H20N4O9S/c1-12-6-7-15(21-11-12)34(28,29)24-17-16(32-14-5-3-4-13(10-14)30-2)18(31-9-8-25)23-19(22-17)33-20(26)27/h3-7,10-11,25H,8-9H2,1-2H3,(H,26,27)(H,22,23,24). The molecule has 0 aliphatic carbocycles. The Morgan fingerprint density at radius 1 is 1.15 bits per heavy atom. The lowest BCUT2D eigenvalue weighted by atomic mass is 10.3. The zero-order valence-electron chi connectivity index (χ0n) is 18.0. The van der Waals surface area contributed by atoms with Crippen molar-refractivity contribution < 1.29 is 42.4 Å². The van der Waals surface area contributed by atoms with Gasteiger partial charge in [0, 0.05) is 12.3 Å². The van der Waals surface area contributed by atoms with Crippen LogP contribution in [0.2, 0.25) is 0 Å². The second-order valence-electron chi connectivity index (χ2n) is 6.49. The van der Waals surface area contributed by atoms with Gasteiger partial charge in [-0.25, -0.2) is 9.78 Å². The summed E-state index contributed by atoms with van der Waals surface area (Å²) in [6.07, 6.45) is -0.389. The number of benzene rings is 1. The highest BCUT2D eigenvalue weighted by Crippen LogP contribution is 2.39. The maximum Gasteiger partial charge on any atom is 0.513 e. The number of aromatic nitrogens is 3. The number of hydrogen-bond donors (Lipinski definition) is 3. The van der Waals surface area contributed by atoms with Crippen LogP contribution in [-0.4, -0.2) is 60.1 Å². The number of nitrogens with zero attached hydrogens (tertiary/aromatic N) is 3. The monoisotopic (exact) mass is 492 g/mol. The van der Waals surface area contributed by atoms with Crippen LogP contribution < -0.4 is 23.7 Å². The van der Waals surface area contributed by atoms with Gasteiger partial charge in [-0.05, 0) is 30.7 Å². The average molecular weight is 492 g/mol. The summed E-state index contributed by atoms with van der Waals surface area (Å²) >= 11 is 0. The Bertz CT molecular complexity index is 1270. The third-order valence-corrected chi connectivity index (χ3v) is 5.23. The van der Waals surface area contributed by atoms with Gasteiger partial charge in [-0.3, -0.25) is 4.72 Å². The van der Waals surface area contributed by atoms with Crippen LogP contribution in [0.5, 0.6) is 29.1 Å². The number of aliphatic hydroxyl groups is 1. The number of carbonyl (C=O) groups is 1. The van der Waals surface area contributed by atoms with Crippen molar-refractivity contribution in [1.29, 1.82) is 0 Å². The van der Waals surface area contributed by atoms with Gasteiger partial charge in [0.1, 0.15) is 18.1 Å². The van der Waals surface area contributed by atoms with E-state index < -0.39 is 40.5 Å². The van der Waals surface area contributed by atoms with Crippen molar-refractivity contribution in [2.45, 2.75) is 11.9 Å². The lowest BCUT2D eigenvalue weighted by Crippen LogP contribution is -2.18. The molecule has 14 heteroatoms. The second-order valence-corrected chi connectivity index (χ2v) is 8.12. The van der Waals surface area contributed by atoms with Crippen LogP contribution in [0, 0.1) is 6.92 Å². The van der Waals surface area contributed by atoms with Gasteiger partial charge >= 0.3 is 12.2 Å². The molecule has 0 aliphatic heterocycles. The molecule has 2 aromatic heterocycles. The summed E-state index contributed by atoms with van der Waals surface area (Å²) in [7, 11) is -2.86. The summed E-state index contributed by atoms with van der Waals surface area (Å²) < 4.78 is 48.8. The van der Waals surface area contributed by atoms with Crippen molar-refractivity contribution in [3.8, 4) is 29.1 Å². The van der Waals surface area contributed by atoms with Crippen LogP contribution in [0.3, 0.4) is 0 Å². The first-order valence-corrected chi connectivity index (χ1v) is 11.0. The Balaban J connectivity index is 2.12. The minimum Gasteiger partial charge on any atom is -0.497 e. The number of anilines is 1. The van der Waals surface area contributed by atoms with E-state index in [0.29, 0.717) is 5.75 Å². The van der Waals surface area contributed by atoms with Gasteiger partial charge in [-0.2, -0.15) is 18.4 Å². The highest BCUT2D eigenvalue weighted by molar-refractivity contribution is 7.92. The van der Waals surface area contributed by atoms with Gasteiger partial charge in [-0.15, -0.1) is 0 Å². The summed E-state index contributed by atoms with van der Waals surface area (Å²) in [5.74, 6) is -0.581. The molecule has 3 rings (SSSR count). The van der Waals surface area contributed by atoms with Crippen molar-refractivity contribution in [2.24, 2.45) is 0 Å². The largest absolute Gasteiger partial charge is 0.513 e. The minimum absolute atomic E-state index is 0.192. The molecule has 0 saturated heterocycles. The lowest BCUT2D eigenvalue weighted by Gasteiger charge is -2.16. The molecule has 0 amide bonds. The van der Waals surface area contributed by atoms with Crippen molar-refractivity contribution in [1.82, 2.24) is 15.0 Å². The number of sulfonamides is 1. The van der Waals surface area contributed by atoms with E-state index in [4.69, 9.17) is 24.4 Å². The van der Waals surface area contributed by atoms with E-state index in [1.54, 1.807) is 31.2 Å². The Labute approximate surface area is 194 Å². The van der Waals surface area contributed by atoms with Gasteiger partial charge in [0.05, 0.1) is 13.7 Å². The van der Waals surface area contributed by atoms with E-state index in [0.717, 1.165) is 5.56 Å². The molecule has 0 saturated carbocycles. The van der Waals surface area contributed by atoms with Gasteiger partial charge in [-0.1, -0.05) is 12.1 Å². The molecule has 0 fully saturated rings. The molecule has 1 aromatic carbocycles. The number of nitrogens with one attached hydrogen (secondary N) is 1. The first-order chi connectivity index (χ1) is 16.2. The number of aliphatic hydroxyl groups excluding tert-OH is 1. The molecule has 13 nitrogen and oxygen atoms in total. The molecular weight excluding hydrogens is 472 g/mol. The predicted octanol–water partition coefficient (Wildman–Crippen LogP) is 2.21. The number of ether oxygens (including phenoxy) is 4. The molecule has 34 heavy (non-hydrogen) atoms. The molecule has 3 aromatic rings. The zero-order valence-corrected chi connectivity index (χ0v) is 18.8. The molecular formula is C20H20N4O9S. The number of aryl methyl sites for hydroxylation is 1. The number of carboxylic acid groups (broad SMARTS) is 1. The Kier molecular flexibility index (Phi) is 7.65. The normalized spacial score (nSPS) is 10.9. The Hall–Kier alpha value is -4.17. The number of rotatable bonds is 10. The van der Waals surface area contributed by atoms with Crippen LogP contribution in [-0.2, 0) is 10.0 Å². The Morgan fingerprint density at radius 2 is 1.91 bits per heavy atom.